The fourth-order valence-corrected chi connectivity index (χ4v) is 9.96. The van der Waals surface area contributed by atoms with Crippen molar-refractivity contribution in [1.29, 1.82) is 0 Å². The number of rotatable bonds is 62. The Bertz CT molecular complexity index is 1380. The summed E-state index contributed by atoms with van der Waals surface area (Å²) in [5.74, 6) is -0.898. The van der Waals surface area contributed by atoms with Gasteiger partial charge in [0.1, 0.15) is 13.2 Å². The molecular weight excluding hydrogens is 949 g/mol. The number of allylic oxidation sites excluding steroid dienone is 10. The molecule has 0 aromatic heterocycles. The molecule has 0 aliphatic carbocycles. The highest BCUT2D eigenvalue weighted by molar-refractivity contribution is 5.71. The van der Waals surface area contributed by atoms with Crippen LogP contribution >= 0.6 is 0 Å². The van der Waals surface area contributed by atoms with Gasteiger partial charge in [-0.1, -0.05) is 313 Å². The summed E-state index contributed by atoms with van der Waals surface area (Å²) in [5.41, 5.74) is 0. The lowest BCUT2D eigenvalue weighted by Crippen LogP contribution is -2.30. The molecule has 0 rings (SSSR count). The maximum Gasteiger partial charge on any atom is 0.306 e. The molecule has 0 saturated carbocycles. The fourth-order valence-electron chi connectivity index (χ4n) is 9.96. The van der Waals surface area contributed by atoms with E-state index in [1.54, 1.807) is 0 Å². The highest BCUT2D eigenvalue weighted by atomic mass is 16.6. The van der Waals surface area contributed by atoms with Crippen LogP contribution < -0.4 is 0 Å². The van der Waals surface area contributed by atoms with Crippen LogP contribution in [0.2, 0.25) is 0 Å². The second kappa shape index (κ2) is 65.6. The molecule has 0 amide bonds. The average Bonchev–Trinajstić information content (AvgIpc) is 3.43. The Morgan fingerprint density at radius 2 is 0.506 bits per heavy atom. The minimum Gasteiger partial charge on any atom is -0.462 e. The fraction of sp³-hybridized carbons (Fsp3) is 0.817. The van der Waals surface area contributed by atoms with Crippen molar-refractivity contribution < 1.29 is 28.6 Å². The summed E-state index contributed by atoms with van der Waals surface area (Å²) >= 11 is 0. The largest absolute Gasteiger partial charge is 0.462 e. The van der Waals surface area contributed by atoms with Crippen LogP contribution in [0.1, 0.15) is 355 Å². The van der Waals surface area contributed by atoms with E-state index in [9.17, 15) is 14.4 Å². The summed E-state index contributed by atoms with van der Waals surface area (Å²) in [6.07, 6.45) is 83.9. The predicted molar refractivity (Wildman–Crippen MR) is 335 cm³/mol. The molecule has 0 fully saturated rings. The third-order valence-electron chi connectivity index (χ3n) is 15.0. The van der Waals surface area contributed by atoms with E-state index >= 15 is 0 Å². The smallest absolute Gasteiger partial charge is 0.306 e. The summed E-state index contributed by atoms with van der Waals surface area (Å²) in [5, 5.41) is 0. The number of ether oxygens (including phenoxy) is 3. The lowest BCUT2D eigenvalue weighted by Gasteiger charge is -2.18. The van der Waals surface area contributed by atoms with Gasteiger partial charge in [0.2, 0.25) is 0 Å². The van der Waals surface area contributed by atoms with Gasteiger partial charge in [0.25, 0.3) is 0 Å². The lowest BCUT2D eigenvalue weighted by atomic mass is 10.0. The highest BCUT2D eigenvalue weighted by Gasteiger charge is 2.19. The van der Waals surface area contributed by atoms with E-state index < -0.39 is 6.10 Å². The van der Waals surface area contributed by atoms with Crippen LogP contribution in [0, 0.1) is 0 Å². The Hall–Kier alpha value is -2.89. The Balaban J connectivity index is 4.23. The zero-order valence-corrected chi connectivity index (χ0v) is 51.5. The summed E-state index contributed by atoms with van der Waals surface area (Å²) in [4.78, 5) is 38.3. The summed E-state index contributed by atoms with van der Waals surface area (Å²) in [7, 11) is 0. The van der Waals surface area contributed by atoms with Gasteiger partial charge < -0.3 is 14.2 Å². The minimum atomic E-state index is -0.790. The van der Waals surface area contributed by atoms with Crippen molar-refractivity contribution in [3.05, 3.63) is 60.8 Å². The van der Waals surface area contributed by atoms with Crippen molar-refractivity contribution >= 4 is 17.9 Å². The molecule has 0 radical (unpaired) electrons. The Kier molecular flexibility index (Phi) is 63.2. The third-order valence-corrected chi connectivity index (χ3v) is 15.0. The number of esters is 3. The molecule has 6 heteroatoms. The van der Waals surface area contributed by atoms with Gasteiger partial charge in [0.15, 0.2) is 6.10 Å². The number of hydrogen-bond acceptors (Lipinski definition) is 6. The van der Waals surface area contributed by atoms with Gasteiger partial charge in [-0.15, -0.1) is 0 Å². The van der Waals surface area contributed by atoms with E-state index in [0.29, 0.717) is 19.3 Å². The second-order valence-corrected chi connectivity index (χ2v) is 22.7. The van der Waals surface area contributed by atoms with Gasteiger partial charge in [-0.25, -0.2) is 0 Å². The molecule has 1 atom stereocenters. The van der Waals surface area contributed by atoms with Gasteiger partial charge >= 0.3 is 17.9 Å². The molecule has 0 aliphatic rings. The molecule has 0 saturated heterocycles. The van der Waals surface area contributed by atoms with Crippen LogP contribution in [0.3, 0.4) is 0 Å². The third kappa shape index (κ3) is 63.8. The monoisotopic (exact) mass is 1080 g/mol. The number of hydrogen-bond donors (Lipinski definition) is 0. The predicted octanol–water partition coefficient (Wildman–Crippen LogP) is 23.1. The molecule has 0 spiro atoms. The van der Waals surface area contributed by atoms with Crippen LogP contribution in [0.25, 0.3) is 0 Å². The molecule has 0 aliphatic heterocycles. The molecule has 0 aromatic rings. The molecule has 448 valence electrons. The number of unbranched alkanes of at least 4 members (excludes halogenated alkanes) is 41. The van der Waals surface area contributed by atoms with Crippen molar-refractivity contribution in [2.45, 2.75) is 361 Å². The van der Waals surface area contributed by atoms with Crippen LogP contribution in [0.5, 0.6) is 0 Å². The van der Waals surface area contributed by atoms with Crippen molar-refractivity contribution in [1.82, 2.24) is 0 Å². The van der Waals surface area contributed by atoms with Crippen LogP contribution in [0.4, 0.5) is 0 Å². The quantitative estimate of drug-likeness (QED) is 0.0261. The van der Waals surface area contributed by atoms with E-state index in [0.717, 1.165) is 103 Å². The first-order valence-corrected chi connectivity index (χ1v) is 33.8. The Labute approximate surface area is 479 Å². The summed E-state index contributed by atoms with van der Waals surface area (Å²) in [6.45, 7) is 6.54. The summed E-state index contributed by atoms with van der Waals surface area (Å²) in [6, 6.07) is 0. The highest BCUT2D eigenvalue weighted by Crippen LogP contribution is 2.18. The molecule has 77 heavy (non-hydrogen) atoms. The van der Waals surface area contributed by atoms with E-state index in [1.165, 1.54) is 212 Å². The average molecular weight is 1080 g/mol. The second-order valence-electron chi connectivity index (χ2n) is 22.7. The number of carbonyl (C=O) groups is 3. The van der Waals surface area contributed by atoms with Crippen molar-refractivity contribution in [2.24, 2.45) is 0 Å². The van der Waals surface area contributed by atoms with E-state index in [2.05, 4.69) is 81.5 Å². The van der Waals surface area contributed by atoms with Crippen LogP contribution in [-0.2, 0) is 28.6 Å². The standard InChI is InChI=1S/C71H128O6/c1-4-7-10-13-16-19-22-25-28-30-31-32-33-34-35-36-37-38-39-40-42-43-46-49-52-55-58-61-64-70(73)76-67-68(66-75-69(72)63-60-57-54-51-48-45-27-24-21-18-15-12-9-6-3)77-71(74)65-62-59-56-53-50-47-44-41-29-26-23-20-17-14-11-8-5-2/h8,11,17,20,24,26-27,29,44,47,68H,4-7,9-10,12-16,18-19,21-23,25,28,30-43,45-46,48-67H2,1-3H3/b11-8-,20-17-,27-24-,29-26-,47-44-. The van der Waals surface area contributed by atoms with Gasteiger partial charge in [-0.3, -0.25) is 14.4 Å². The molecule has 0 aromatic carbocycles. The van der Waals surface area contributed by atoms with Crippen LogP contribution in [0.15, 0.2) is 60.8 Å². The van der Waals surface area contributed by atoms with E-state index in [1.807, 2.05) is 0 Å². The first kappa shape index (κ1) is 74.1. The maximum absolute atomic E-state index is 12.9. The molecule has 1 unspecified atom stereocenters. The SMILES string of the molecule is CC/C=C\C/C=C\C/C=C\C/C=C\CCCCCCC(=O)OC(COC(=O)CCCCCCC/C=C\CCCCCCC)COC(=O)CCCCCCCCCCCCCCCCCCCCCCCCCCCCCC. The van der Waals surface area contributed by atoms with Crippen molar-refractivity contribution in [3.63, 3.8) is 0 Å². The van der Waals surface area contributed by atoms with Crippen molar-refractivity contribution in [3.8, 4) is 0 Å². The molecule has 0 heterocycles. The summed E-state index contributed by atoms with van der Waals surface area (Å²) < 4.78 is 16.9. The first-order chi connectivity index (χ1) is 38.0. The van der Waals surface area contributed by atoms with Gasteiger partial charge in [-0.2, -0.15) is 0 Å². The normalized spacial score (nSPS) is 12.4. The Morgan fingerprint density at radius 3 is 0.805 bits per heavy atom. The van der Waals surface area contributed by atoms with E-state index in [4.69, 9.17) is 14.2 Å². The number of carbonyl (C=O) groups excluding carboxylic acids is 3. The van der Waals surface area contributed by atoms with Crippen LogP contribution in [-0.4, -0.2) is 37.2 Å². The van der Waals surface area contributed by atoms with Gasteiger partial charge in [0.05, 0.1) is 0 Å². The van der Waals surface area contributed by atoms with Gasteiger partial charge in [-0.05, 0) is 83.5 Å². The zero-order chi connectivity index (χ0) is 55.7. The zero-order valence-electron chi connectivity index (χ0n) is 51.5. The topological polar surface area (TPSA) is 78.9 Å². The van der Waals surface area contributed by atoms with E-state index in [-0.39, 0.29) is 31.1 Å². The molecule has 0 N–H and O–H groups in total. The first-order valence-electron chi connectivity index (χ1n) is 33.8. The Morgan fingerprint density at radius 1 is 0.273 bits per heavy atom. The molecule has 6 nitrogen and oxygen atoms in total. The van der Waals surface area contributed by atoms with Crippen molar-refractivity contribution in [2.75, 3.05) is 13.2 Å². The molecule has 0 bridgehead atoms. The molecular formula is C71H128O6. The maximum atomic E-state index is 12.9. The lowest BCUT2D eigenvalue weighted by molar-refractivity contribution is -0.167. The van der Waals surface area contributed by atoms with Gasteiger partial charge in [0, 0.05) is 19.3 Å². The minimum absolute atomic E-state index is 0.0838.